The lowest BCUT2D eigenvalue weighted by atomic mass is 9.96. The molecule has 1 aromatic carbocycles. The van der Waals surface area contributed by atoms with Gasteiger partial charge in [-0.3, -0.25) is 0 Å². The van der Waals surface area contributed by atoms with Gasteiger partial charge in [-0.25, -0.2) is 18.2 Å². The minimum atomic E-state index is -3.57. The Balaban J connectivity index is 1.65. The monoisotopic (exact) mass is 456 g/mol. The molecule has 0 bridgehead atoms. The number of hydrogen-bond donors (Lipinski definition) is 1. The molecule has 0 spiro atoms. The SMILES string of the molecule is COc1nc(/C(=C/C2CCCC2)c2ccc(S(=O)(=O)C3CN(C(=O)O)C3)cc2)ccc1C. The lowest BCUT2D eigenvalue weighted by Crippen LogP contribution is -2.56. The van der Waals surface area contributed by atoms with Crippen molar-refractivity contribution in [3.05, 3.63) is 59.3 Å². The number of likely N-dealkylation sites (tertiary alicyclic amines) is 1. The number of aryl methyl sites for hydroxylation is 1. The van der Waals surface area contributed by atoms with Crippen molar-refractivity contribution in [2.45, 2.75) is 42.8 Å². The molecule has 2 aromatic rings. The van der Waals surface area contributed by atoms with E-state index in [4.69, 9.17) is 9.84 Å². The maximum absolute atomic E-state index is 12.9. The lowest BCUT2D eigenvalue weighted by molar-refractivity contribution is 0.120. The molecule has 1 amide bonds. The van der Waals surface area contributed by atoms with Gasteiger partial charge in [-0.2, -0.15) is 0 Å². The molecule has 2 aliphatic rings. The van der Waals surface area contributed by atoms with Gasteiger partial charge in [0.1, 0.15) is 5.25 Å². The van der Waals surface area contributed by atoms with Gasteiger partial charge in [-0.05, 0) is 49.4 Å². The summed E-state index contributed by atoms with van der Waals surface area (Å²) in [6, 6.07) is 10.8. The summed E-state index contributed by atoms with van der Waals surface area (Å²) in [5.74, 6) is 1.05. The number of methoxy groups -OCH3 is 1. The Kier molecular flexibility index (Phi) is 6.24. The van der Waals surface area contributed by atoms with Crippen molar-refractivity contribution < 1.29 is 23.1 Å². The van der Waals surface area contributed by atoms with Crippen LogP contribution in [0.15, 0.2) is 47.4 Å². The fraction of sp³-hybridized carbons (Fsp3) is 0.417. The largest absolute Gasteiger partial charge is 0.481 e. The van der Waals surface area contributed by atoms with Crippen molar-refractivity contribution in [2.24, 2.45) is 5.92 Å². The van der Waals surface area contributed by atoms with E-state index in [9.17, 15) is 13.2 Å². The first kappa shape index (κ1) is 22.3. The molecule has 0 radical (unpaired) electrons. The van der Waals surface area contributed by atoms with E-state index in [1.165, 1.54) is 12.8 Å². The predicted molar refractivity (Wildman–Crippen MR) is 122 cm³/mol. The molecule has 170 valence electrons. The topological polar surface area (TPSA) is 96.8 Å². The van der Waals surface area contributed by atoms with Crippen molar-refractivity contribution in [3.8, 4) is 5.88 Å². The van der Waals surface area contributed by atoms with Crippen LogP contribution in [-0.2, 0) is 9.84 Å². The Bertz CT molecular complexity index is 1130. The van der Waals surface area contributed by atoms with Crippen LogP contribution in [0.4, 0.5) is 4.79 Å². The van der Waals surface area contributed by atoms with Crippen LogP contribution >= 0.6 is 0 Å². The summed E-state index contributed by atoms with van der Waals surface area (Å²) in [5, 5.41) is 8.28. The highest BCUT2D eigenvalue weighted by Gasteiger charge is 2.40. The van der Waals surface area contributed by atoms with Gasteiger partial charge in [0, 0.05) is 24.2 Å². The highest BCUT2D eigenvalue weighted by molar-refractivity contribution is 7.92. The second-order valence-corrected chi connectivity index (χ2v) is 10.8. The van der Waals surface area contributed by atoms with Crippen LogP contribution in [0.2, 0.25) is 0 Å². The summed E-state index contributed by atoms with van der Waals surface area (Å²) in [4.78, 5) is 17.0. The molecule has 1 saturated heterocycles. The Morgan fingerprint density at radius 3 is 2.38 bits per heavy atom. The Morgan fingerprint density at radius 2 is 1.78 bits per heavy atom. The van der Waals surface area contributed by atoms with Crippen molar-refractivity contribution in [2.75, 3.05) is 20.2 Å². The van der Waals surface area contributed by atoms with Gasteiger partial charge < -0.3 is 14.7 Å². The first-order valence-electron chi connectivity index (χ1n) is 10.9. The molecule has 1 aliphatic heterocycles. The van der Waals surface area contributed by atoms with E-state index in [2.05, 4.69) is 11.1 Å². The Labute approximate surface area is 188 Å². The molecule has 1 aromatic heterocycles. The molecule has 32 heavy (non-hydrogen) atoms. The van der Waals surface area contributed by atoms with Crippen LogP contribution in [-0.4, -0.2) is 55.0 Å². The first-order valence-corrected chi connectivity index (χ1v) is 12.4. The molecular weight excluding hydrogens is 428 g/mol. The number of hydrogen-bond acceptors (Lipinski definition) is 5. The summed E-state index contributed by atoms with van der Waals surface area (Å²) >= 11 is 0. The van der Waals surface area contributed by atoms with E-state index >= 15 is 0 Å². The van der Waals surface area contributed by atoms with Gasteiger partial charge in [0.25, 0.3) is 0 Å². The van der Waals surface area contributed by atoms with E-state index in [0.29, 0.717) is 11.8 Å². The van der Waals surface area contributed by atoms with Gasteiger partial charge in [0.15, 0.2) is 9.84 Å². The molecule has 1 N–H and O–H groups in total. The molecular formula is C24H28N2O5S. The fourth-order valence-corrected chi connectivity index (χ4v) is 6.02. The standard InChI is InChI=1S/C24H28N2O5S/c1-16-7-12-22(25-23(16)31-2)21(13-17-5-3-4-6-17)18-8-10-19(11-9-18)32(29,30)20-14-26(15-20)24(27)28/h7-13,17,20H,3-6,14-15H2,1-2H3,(H,27,28)/b21-13+. The second kappa shape index (κ2) is 8.94. The normalized spacial score (nSPS) is 17.9. The first-order chi connectivity index (χ1) is 15.3. The number of nitrogens with zero attached hydrogens (tertiary/aromatic N) is 2. The third-order valence-corrected chi connectivity index (χ3v) is 8.48. The summed E-state index contributed by atoms with van der Waals surface area (Å²) in [6.07, 6.45) is 5.87. The number of ether oxygens (including phenoxy) is 1. The second-order valence-electron chi connectivity index (χ2n) is 8.53. The number of allylic oxidation sites excluding steroid dienone is 1. The summed E-state index contributed by atoms with van der Waals surface area (Å²) in [6.45, 7) is 1.97. The number of sulfone groups is 1. The smallest absolute Gasteiger partial charge is 0.407 e. The molecule has 1 saturated carbocycles. The number of amides is 1. The Hall–Kier alpha value is -2.87. The third-order valence-electron chi connectivity index (χ3n) is 6.37. The average Bonchev–Trinajstić information content (AvgIpc) is 3.24. The van der Waals surface area contributed by atoms with Crippen LogP contribution in [0.5, 0.6) is 5.88 Å². The third kappa shape index (κ3) is 4.37. The van der Waals surface area contributed by atoms with E-state index in [-0.39, 0.29) is 18.0 Å². The predicted octanol–water partition coefficient (Wildman–Crippen LogP) is 4.16. The maximum Gasteiger partial charge on any atom is 0.407 e. The summed E-state index contributed by atoms with van der Waals surface area (Å²) in [5.41, 5.74) is 3.62. The maximum atomic E-state index is 12.9. The van der Waals surface area contributed by atoms with Gasteiger partial charge >= 0.3 is 6.09 Å². The number of aromatic nitrogens is 1. The minimum Gasteiger partial charge on any atom is -0.481 e. The van der Waals surface area contributed by atoms with E-state index in [0.717, 1.165) is 40.1 Å². The minimum absolute atomic E-state index is 0.0132. The fourth-order valence-electron chi connectivity index (χ4n) is 4.36. The highest BCUT2D eigenvalue weighted by Crippen LogP contribution is 2.33. The zero-order chi connectivity index (χ0) is 22.9. The van der Waals surface area contributed by atoms with Gasteiger partial charge in [0.2, 0.25) is 5.88 Å². The van der Waals surface area contributed by atoms with Crippen LogP contribution < -0.4 is 4.74 Å². The van der Waals surface area contributed by atoms with Crippen LogP contribution in [0.1, 0.15) is 42.5 Å². The van der Waals surface area contributed by atoms with E-state index in [1.807, 2.05) is 31.2 Å². The van der Waals surface area contributed by atoms with E-state index in [1.54, 1.807) is 19.2 Å². The quantitative estimate of drug-likeness (QED) is 0.701. The number of rotatable bonds is 6. The zero-order valence-corrected chi connectivity index (χ0v) is 19.1. The van der Waals surface area contributed by atoms with Crippen molar-refractivity contribution in [1.29, 1.82) is 0 Å². The van der Waals surface area contributed by atoms with Crippen molar-refractivity contribution >= 4 is 21.5 Å². The average molecular weight is 457 g/mol. The van der Waals surface area contributed by atoms with Gasteiger partial charge in [-0.15, -0.1) is 0 Å². The molecule has 2 fully saturated rings. The molecule has 2 heterocycles. The molecule has 1 aliphatic carbocycles. The van der Waals surface area contributed by atoms with Crippen LogP contribution in [0.3, 0.4) is 0 Å². The summed E-state index contributed by atoms with van der Waals surface area (Å²) in [7, 11) is -1.97. The zero-order valence-electron chi connectivity index (χ0n) is 18.3. The number of carbonyl (C=O) groups is 1. The molecule has 8 heteroatoms. The molecule has 4 rings (SSSR count). The van der Waals surface area contributed by atoms with Gasteiger partial charge in [0.05, 0.1) is 17.7 Å². The van der Waals surface area contributed by atoms with Gasteiger partial charge in [-0.1, -0.05) is 37.1 Å². The summed E-state index contributed by atoms with van der Waals surface area (Å²) < 4.78 is 31.2. The number of carboxylic acid groups (broad SMARTS) is 1. The van der Waals surface area contributed by atoms with Crippen LogP contribution in [0, 0.1) is 12.8 Å². The molecule has 7 nitrogen and oxygen atoms in total. The van der Waals surface area contributed by atoms with Crippen LogP contribution in [0.25, 0.3) is 5.57 Å². The lowest BCUT2D eigenvalue weighted by Gasteiger charge is -2.36. The van der Waals surface area contributed by atoms with Crippen molar-refractivity contribution in [1.82, 2.24) is 9.88 Å². The number of pyridine rings is 1. The molecule has 0 atom stereocenters. The number of benzene rings is 1. The van der Waals surface area contributed by atoms with E-state index < -0.39 is 21.2 Å². The Morgan fingerprint density at radius 1 is 1.12 bits per heavy atom. The van der Waals surface area contributed by atoms with Crippen molar-refractivity contribution in [3.63, 3.8) is 0 Å². The highest BCUT2D eigenvalue weighted by atomic mass is 32.2. The molecule has 0 unspecified atom stereocenters.